The maximum Gasteiger partial charge on any atom is 0.339 e. The molecule has 0 saturated carbocycles. The molecule has 1 fully saturated rings. The Kier molecular flexibility index (Phi) is 4.44. The normalized spacial score (nSPS) is 15.6. The predicted molar refractivity (Wildman–Crippen MR) is 105 cm³/mol. The van der Waals surface area contributed by atoms with Gasteiger partial charge >= 0.3 is 5.97 Å². The van der Waals surface area contributed by atoms with Crippen LogP contribution in [0.25, 0.3) is 16.2 Å². The number of hydrogen-bond donors (Lipinski definition) is 0. The molecule has 0 unspecified atom stereocenters. The first-order valence-electron chi connectivity index (χ1n) is 8.98. The standard InChI is InChI=1S/C20H23N3O2S/c1-13-6-8-22(9-7-13)16-10-15(20(24)25-3)12-23-17(11-21-19(16)23)18-5-4-14(2)26-18/h4-5,10-13H,6-9H2,1-3H3. The van der Waals surface area contributed by atoms with Gasteiger partial charge in [0.2, 0.25) is 0 Å². The third-order valence-corrected chi connectivity index (χ3v) is 6.15. The molecule has 0 N–H and O–H groups in total. The number of anilines is 1. The third-order valence-electron chi connectivity index (χ3n) is 5.12. The van der Waals surface area contributed by atoms with Crippen LogP contribution in [-0.2, 0) is 4.74 Å². The van der Waals surface area contributed by atoms with Crippen molar-refractivity contribution in [2.75, 3.05) is 25.1 Å². The lowest BCUT2D eigenvalue weighted by Gasteiger charge is -2.32. The van der Waals surface area contributed by atoms with Crippen molar-refractivity contribution in [3.63, 3.8) is 0 Å². The first kappa shape index (κ1) is 17.1. The molecular formula is C20H23N3O2S. The topological polar surface area (TPSA) is 46.8 Å². The second-order valence-electron chi connectivity index (χ2n) is 7.02. The first-order chi connectivity index (χ1) is 12.6. The molecule has 0 radical (unpaired) electrons. The van der Waals surface area contributed by atoms with Crippen molar-refractivity contribution in [2.45, 2.75) is 26.7 Å². The van der Waals surface area contributed by atoms with Crippen molar-refractivity contribution in [1.82, 2.24) is 9.38 Å². The number of aromatic nitrogens is 2. The van der Waals surface area contributed by atoms with Crippen LogP contribution >= 0.6 is 11.3 Å². The minimum absolute atomic E-state index is 0.319. The molecule has 1 saturated heterocycles. The minimum Gasteiger partial charge on any atom is -0.465 e. The van der Waals surface area contributed by atoms with Crippen LogP contribution in [0.5, 0.6) is 0 Å². The molecule has 1 aliphatic rings. The Morgan fingerprint density at radius 3 is 2.73 bits per heavy atom. The van der Waals surface area contributed by atoms with E-state index in [4.69, 9.17) is 9.72 Å². The van der Waals surface area contributed by atoms with E-state index in [9.17, 15) is 4.79 Å². The molecule has 0 atom stereocenters. The SMILES string of the molecule is COC(=O)c1cc(N2CCC(C)CC2)c2ncc(-c3ccc(C)s3)n2c1. The summed E-state index contributed by atoms with van der Waals surface area (Å²) >= 11 is 1.73. The van der Waals surface area contributed by atoms with E-state index in [2.05, 4.69) is 30.9 Å². The summed E-state index contributed by atoms with van der Waals surface area (Å²) in [4.78, 5) is 21.7. The van der Waals surface area contributed by atoms with Crippen LogP contribution in [0.3, 0.4) is 0 Å². The summed E-state index contributed by atoms with van der Waals surface area (Å²) in [7, 11) is 1.42. The maximum absolute atomic E-state index is 12.2. The molecule has 3 aromatic heterocycles. The van der Waals surface area contributed by atoms with Gasteiger partial charge in [-0.2, -0.15) is 0 Å². The predicted octanol–water partition coefficient (Wildman–Crippen LogP) is 4.39. The van der Waals surface area contributed by atoms with Crippen LogP contribution in [0.15, 0.2) is 30.6 Å². The number of pyridine rings is 1. The number of ether oxygens (including phenoxy) is 1. The molecule has 5 nitrogen and oxygen atoms in total. The van der Waals surface area contributed by atoms with Crippen molar-refractivity contribution in [3.05, 3.63) is 41.0 Å². The Hall–Kier alpha value is -2.34. The van der Waals surface area contributed by atoms with Crippen LogP contribution < -0.4 is 4.90 Å². The van der Waals surface area contributed by atoms with Crippen LogP contribution in [0.4, 0.5) is 5.69 Å². The number of fused-ring (bicyclic) bond motifs is 1. The smallest absolute Gasteiger partial charge is 0.339 e. The highest BCUT2D eigenvalue weighted by Crippen LogP contribution is 2.33. The summed E-state index contributed by atoms with van der Waals surface area (Å²) in [5, 5.41) is 0. The fraction of sp³-hybridized carbons (Fsp3) is 0.400. The molecule has 0 amide bonds. The van der Waals surface area contributed by atoms with Crippen LogP contribution in [0.1, 0.15) is 35.0 Å². The molecule has 4 heterocycles. The molecule has 0 aromatic carbocycles. The van der Waals surface area contributed by atoms with Gasteiger partial charge in [0, 0.05) is 24.2 Å². The molecule has 6 heteroatoms. The largest absolute Gasteiger partial charge is 0.465 e. The van der Waals surface area contributed by atoms with Gasteiger partial charge in [-0.15, -0.1) is 11.3 Å². The number of esters is 1. The number of thiophene rings is 1. The number of hydrogen-bond acceptors (Lipinski definition) is 5. The van der Waals surface area contributed by atoms with Crippen molar-refractivity contribution < 1.29 is 9.53 Å². The number of imidazole rings is 1. The lowest BCUT2D eigenvalue weighted by atomic mass is 9.99. The Balaban J connectivity index is 1.87. The van der Waals surface area contributed by atoms with Gasteiger partial charge in [0.05, 0.1) is 35.1 Å². The van der Waals surface area contributed by atoms with Gasteiger partial charge in [0.1, 0.15) is 0 Å². The Labute approximate surface area is 157 Å². The van der Waals surface area contributed by atoms with Crippen molar-refractivity contribution in [3.8, 4) is 10.6 Å². The number of aryl methyl sites for hydroxylation is 1. The average Bonchev–Trinajstić information content (AvgIpc) is 3.26. The molecule has 0 bridgehead atoms. The zero-order valence-electron chi connectivity index (χ0n) is 15.4. The lowest BCUT2D eigenvalue weighted by molar-refractivity contribution is 0.0600. The molecule has 1 aliphatic heterocycles. The summed E-state index contributed by atoms with van der Waals surface area (Å²) < 4.78 is 7.01. The number of methoxy groups -OCH3 is 1. The van der Waals surface area contributed by atoms with Gasteiger partial charge in [-0.05, 0) is 43.9 Å². The van der Waals surface area contributed by atoms with Gasteiger partial charge in [0.15, 0.2) is 5.65 Å². The number of carbonyl (C=O) groups is 1. The van der Waals surface area contributed by atoms with E-state index in [0.717, 1.165) is 53.8 Å². The third kappa shape index (κ3) is 2.98. The van der Waals surface area contributed by atoms with Crippen LogP contribution in [0.2, 0.25) is 0 Å². The highest BCUT2D eigenvalue weighted by molar-refractivity contribution is 7.15. The first-order valence-corrected chi connectivity index (χ1v) is 9.79. The van der Waals surface area contributed by atoms with Gasteiger partial charge in [-0.25, -0.2) is 9.78 Å². The zero-order chi connectivity index (χ0) is 18.3. The van der Waals surface area contributed by atoms with E-state index in [1.54, 1.807) is 11.3 Å². The molecule has 0 aliphatic carbocycles. The van der Waals surface area contributed by atoms with E-state index in [0.29, 0.717) is 5.56 Å². The highest BCUT2D eigenvalue weighted by atomic mass is 32.1. The summed E-state index contributed by atoms with van der Waals surface area (Å²) in [6, 6.07) is 6.14. The molecule has 136 valence electrons. The molecule has 0 spiro atoms. The lowest BCUT2D eigenvalue weighted by Crippen LogP contribution is -2.33. The fourth-order valence-corrected chi connectivity index (χ4v) is 4.41. The quantitative estimate of drug-likeness (QED) is 0.642. The number of nitrogens with zero attached hydrogens (tertiary/aromatic N) is 3. The van der Waals surface area contributed by atoms with E-state index in [-0.39, 0.29) is 5.97 Å². The van der Waals surface area contributed by atoms with Gasteiger partial charge in [-0.1, -0.05) is 6.92 Å². The maximum atomic E-state index is 12.2. The van der Waals surface area contributed by atoms with E-state index >= 15 is 0 Å². The fourth-order valence-electron chi connectivity index (χ4n) is 3.54. The zero-order valence-corrected chi connectivity index (χ0v) is 16.2. The minimum atomic E-state index is -0.319. The van der Waals surface area contributed by atoms with Crippen molar-refractivity contribution >= 4 is 28.6 Å². The molecular weight excluding hydrogens is 346 g/mol. The molecule has 4 rings (SSSR count). The second-order valence-corrected chi connectivity index (χ2v) is 8.31. The average molecular weight is 369 g/mol. The number of carbonyl (C=O) groups excluding carboxylic acids is 1. The highest BCUT2D eigenvalue weighted by Gasteiger charge is 2.22. The van der Waals surface area contributed by atoms with Crippen molar-refractivity contribution in [2.24, 2.45) is 5.92 Å². The van der Waals surface area contributed by atoms with Crippen LogP contribution in [0, 0.1) is 12.8 Å². The molecule has 26 heavy (non-hydrogen) atoms. The molecule has 3 aromatic rings. The van der Waals surface area contributed by atoms with E-state index in [1.807, 2.05) is 22.9 Å². The Morgan fingerprint density at radius 2 is 2.08 bits per heavy atom. The summed E-state index contributed by atoms with van der Waals surface area (Å²) in [5.74, 6) is 0.427. The Bertz CT molecular complexity index is 951. The van der Waals surface area contributed by atoms with E-state index < -0.39 is 0 Å². The van der Waals surface area contributed by atoms with Crippen LogP contribution in [-0.4, -0.2) is 35.6 Å². The number of piperidine rings is 1. The van der Waals surface area contributed by atoms with Crippen molar-refractivity contribution in [1.29, 1.82) is 0 Å². The van der Waals surface area contributed by atoms with Gasteiger partial charge in [0.25, 0.3) is 0 Å². The second kappa shape index (κ2) is 6.76. The summed E-state index contributed by atoms with van der Waals surface area (Å²) in [6.45, 7) is 6.37. The van der Waals surface area contributed by atoms with Gasteiger partial charge < -0.3 is 9.64 Å². The Morgan fingerprint density at radius 1 is 1.31 bits per heavy atom. The summed E-state index contributed by atoms with van der Waals surface area (Å²) in [6.07, 6.45) is 6.06. The monoisotopic (exact) mass is 369 g/mol. The van der Waals surface area contributed by atoms with Gasteiger partial charge in [-0.3, -0.25) is 4.40 Å². The summed E-state index contributed by atoms with van der Waals surface area (Å²) in [5.41, 5.74) is 3.48. The number of rotatable bonds is 3. The van der Waals surface area contributed by atoms with E-state index in [1.165, 1.54) is 12.0 Å².